The Labute approximate surface area is 107 Å². The SMILES string of the molecule is Cl.O=S(=O)(O)O.[AlH3].[KH]. The molecule has 0 radical (unpaired) electrons. The minimum atomic E-state index is -4.67. The molecule has 2 N–H and O–H groups in total. The van der Waals surface area contributed by atoms with Gasteiger partial charge in [0.25, 0.3) is 0 Å². The molecule has 0 aromatic rings. The van der Waals surface area contributed by atoms with Crippen LogP contribution in [0.1, 0.15) is 0 Å². The molecule has 0 spiro atoms. The van der Waals surface area contributed by atoms with Crippen molar-refractivity contribution in [2.75, 3.05) is 0 Å². The summed E-state index contributed by atoms with van der Waals surface area (Å²) >= 11 is 0. The molecule has 8 heavy (non-hydrogen) atoms. The predicted octanol–water partition coefficient (Wildman–Crippen LogP) is -2.06. The molecule has 0 atom stereocenters. The second-order valence-corrected chi connectivity index (χ2v) is 1.34. The second-order valence-electron chi connectivity index (χ2n) is 0.448. The van der Waals surface area contributed by atoms with Crippen LogP contribution in [0.3, 0.4) is 0 Å². The van der Waals surface area contributed by atoms with Gasteiger partial charge in [-0.2, -0.15) is 8.42 Å². The van der Waals surface area contributed by atoms with E-state index in [0.29, 0.717) is 0 Å². The predicted molar refractivity (Wildman–Crippen MR) is 38.5 cm³/mol. The fraction of sp³-hybridized carbons (Fsp3) is 0. The van der Waals surface area contributed by atoms with Crippen molar-refractivity contribution in [3.05, 3.63) is 0 Å². The molecule has 0 aliphatic heterocycles. The molecule has 0 bridgehead atoms. The Morgan fingerprint density at radius 3 is 1.12 bits per heavy atom. The fourth-order valence-corrected chi connectivity index (χ4v) is 0. The van der Waals surface area contributed by atoms with Crippen LogP contribution in [0.25, 0.3) is 0 Å². The van der Waals surface area contributed by atoms with Gasteiger partial charge in [0.15, 0.2) is 17.4 Å². The van der Waals surface area contributed by atoms with Crippen molar-refractivity contribution < 1.29 is 17.5 Å². The molecule has 0 unspecified atom stereocenters. The topological polar surface area (TPSA) is 74.6 Å². The van der Waals surface area contributed by atoms with Gasteiger partial charge in [0.2, 0.25) is 0 Å². The summed E-state index contributed by atoms with van der Waals surface area (Å²) in [6, 6.07) is 0. The van der Waals surface area contributed by atoms with Gasteiger partial charge >= 0.3 is 61.8 Å². The molecule has 0 aliphatic carbocycles. The zero-order valence-corrected chi connectivity index (χ0v) is 4.16. The molecule has 8 heteroatoms. The van der Waals surface area contributed by atoms with Crippen molar-refractivity contribution in [2.45, 2.75) is 0 Å². The van der Waals surface area contributed by atoms with Gasteiger partial charge in [0, 0.05) is 0 Å². The molecule has 0 fully saturated rings. The summed E-state index contributed by atoms with van der Waals surface area (Å²) in [5.41, 5.74) is 0. The molecular formula is H7AlClKO4S. The second kappa shape index (κ2) is 9.33. The van der Waals surface area contributed by atoms with E-state index in [2.05, 4.69) is 0 Å². The Hall–Kier alpha value is 2.33. The first-order valence-electron chi connectivity index (χ1n) is 0.698. The van der Waals surface area contributed by atoms with Crippen LogP contribution in [0, 0.1) is 0 Å². The van der Waals surface area contributed by atoms with Crippen molar-refractivity contribution in [1.82, 2.24) is 0 Å². The first-order valence-corrected chi connectivity index (χ1v) is 2.10. The Balaban J connectivity index is -0.0000000267. The molecule has 0 rings (SSSR count). The van der Waals surface area contributed by atoms with Gasteiger partial charge in [-0.25, -0.2) is 0 Å². The maximum atomic E-state index is 8.74. The number of hydrogen-bond acceptors (Lipinski definition) is 2. The van der Waals surface area contributed by atoms with Crippen LogP contribution >= 0.6 is 12.4 Å². The van der Waals surface area contributed by atoms with E-state index in [1.165, 1.54) is 0 Å². The van der Waals surface area contributed by atoms with Gasteiger partial charge in [0.05, 0.1) is 0 Å². The van der Waals surface area contributed by atoms with Crippen LogP contribution in [0.5, 0.6) is 0 Å². The van der Waals surface area contributed by atoms with E-state index in [9.17, 15) is 0 Å². The zero-order chi connectivity index (χ0) is 4.50. The van der Waals surface area contributed by atoms with Crippen molar-refractivity contribution in [1.29, 1.82) is 0 Å². The van der Waals surface area contributed by atoms with Crippen molar-refractivity contribution in [3.8, 4) is 0 Å². The third-order valence-electron chi connectivity index (χ3n) is 0. The van der Waals surface area contributed by atoms with E-state index < -0.39 is 10.4 Å². The van der Waals surface area contributed by atoms with E-state index in [4.69, 9.17) is 17.5 Å². The van der Waals surface area contributed by atoms with E-state index in [0.717, 1.165) is 0 Å². The summed E-state index contributed by atoms with van der Waals surface area (Å²) in [6.45, 7) is 0. The summed E-state index contributed by atoms with van der Waals surface area (Å²) in [6.07, 6.45) is 0. The van der Waals surface area contributed by atoms with Crippen molar-refractivity contribution in [2.24, 2.45) is 0 Å². The van der Waals surface area contributed by atoms with Crippen molar-refractivity contribution in [3.63, 3.8) is 0 Å². The average molecular weight is 205 g/mol. The number of hydrogen-bond donors (Lipinski definition) is 2. The molecule has 0 saturated carbocycles. The molecule has 0 amide bonds. The van der Waals surface area contributed by atoms with Gasteiger partial charge in [-0.1, -0.05) is 0 Å². The molecule has 0 aromatic heterocycles. The molecule has 0 heterocycles. The molecular weight excluding hydrogens is 198 g/mol. The Kier molecular flexibility index (Phi) is 26.2. The Bertz CT molecular complexity index is 99.2. The third-order valence-corrected chi connectivity index (χ3v) is 0. The first-order chi connectivity index (χ1) is 2.00. The maximum absolute atomic E-state index is 8.74. The first kappa shape index (κ1) is 22.4. The summed E-state index contributed by atoms with van der Waals surface area (Å²) in [7, 11) is -4.67. The monoisotopic (exact) mass is 204 g/mol. The van der Waals surface area contributed by atoms with Gasteiger partial charge in [-0.3, -0.25) is 9.11 Å². The van der Waals surface area contributed by atoms with E-state index in [1.807, 2.05) is 0 Å². The molecule has 0 aliphatic rings. The molecule has 4 nitrogen and oxygen atoms in total. The van der Waals surface area contributed by atoms with Crippen LogP contribution in [0.4, 0.5) is 0 Å². The number of halogens is 1. The summed E-state index contributed by atoms with van der Waals surface area (Å²) < 4.78 is 31.6. The number of rotatable bonds is 0. The van der Waals surface area contributed by atoms with E-state index in [1.54, 1.807) is 0 Å². The normalized spacial score (nSPS) is 7.25. The molecule has 0 saturated heterocycles. The van der Waals surface area contributed by atoms with Gasteiger partial charge < -0.3 is 0 Å². The standard InChI is InChI=1S/Al.ClH.K.H2O4S.4H/c;;;1-5(2,3)4;;;;/h;1H;;(H2,1,2,3,4);;;;. The quantitative estimate of drug-likeness (QED) is 0.352. The van der Waals surface area contributed by atoms with Crippen LogP contribution < -0.4 is 0 Å². The van der Waals surface area contributed by atoms with Gasteiger partial charge in [-0.15, -0.1) is 12.4 Å². The minimum absolute atomic E-state index is 0. The third kappa shape index (κ3) is 82.5. The average Bonchev–Trinajstić information content (AvgIpc) is 0.722. The fourth-order valence-electron chi connectivity index (χ4n) is 0. The van der Waals surface area contributed by atoms with Gasteiger partial charge in [-0.05, 0) is 0 Å². The van der Waals surface area contributed by atoms with Crippen LogP contribution in [0.15, 0.2) is 0 Å². The Morgan fingerprint density at radius 1 is 1.12 bits per heavy atom. The molecule has 48 valence electrons. The summed E-state index contributed by atoms with van der Waals surface area (Å²) in [5, 5.41) is 0. The summed E-state index contributed by atoms with van der Waals surface area (Å²) in [5.74, 6) is 0. The summed E-state index contributed by atoms with van der Waals surface area (Å²) in [4.78, 5) is 0. The van der Waals surface area contributed by atoms with Crippen LogP contribution in [0.2, 0.25) is 0 Å². The van der Waals surface area contributed by atoms with Crippen LogP contribution in [-0.2, 0) is 10.4 Å². The van der Waals surface area contributed by atoms with E-state index >= 15 is 0 Å². The Morgan fingerprint density at radius 2 is 1.12 bits per heavy atom. The van der Waals surface area contributed by atoms with Gasteiger partial charge in [0.1, 0.15) is 0 Å². The van der Waals surface area contributed by atoms with Crippen molar-refractivity contribution >= 4 is 91.6 Å². The zero-order valence-electron chi connectivity index (χ0n) is 2.53. The molecule has 0 aromatic carbocycles. The van der Waals surface area contributed by atoms with E-state index in [-0.39, 0.29) is 81.2 Å². The van der Waals surface area contributed by atoms with Crippen LogP contribution in [-0.4, -0.2) is 86.3 Å².